The number of carbonyl (C=O) groups excluding carboxylic acids is 4. The fourth-order valence-electron chi connectivity index (χ4n) is 6.61. The SMILES string of the molecule is [B]OC(=O)C1(SCCN(C)C(=O)c2ccc(OCc3ccc(OC)cc3)c(OCc3ccc(OC)cc3)c2Cl)CN2C(=O)[C@@H](CC(=O)Cc3ccccc3)[C@H]2S1=O. The van der Waals surface area contributed by atoms with Crippen molar-refractivity contribution in [1.29, 1.82) is 0 Å². The topological polar surface area (TPSA) is 138 Å². The standard InChI is InChI=1S/C41H40BClN2O10S2/c1-44(19-20-56-41(40(49)55-42)25-45-38(48)33(39(45)57(41)50)22-29(46)21-26-7-5-4-6-8-26)37(47)32-17-18-34(53-23-27-9-13-30(51-2)14-10-27)36(35(32)43)54-24-28-11-15-31(52-3)16-12-28/h4-18,33,39H,19-25H2,1-3H3/t33-,39-,41?,57?/m1/s1. The summed E-state index contributed by atoms with van der Waals surface area (Å²) >= 11 is 7.89. The number of carbonyl (C=O) groups is 4. The molecule has 6 rings (SSSR count). The number of rotatable bonds is 18. The molecule has 2 amide bonds. The number of nitrogens with zero attached hydrogens (tertiary/aromatic N) is 2. The second kappa shape index (κ2) is 18.5. The van der Waals surface area contributed by atoms with Gasteiger partial charge in [0.15, 0.2) is 11.5 Å². The summed E-state index contributed by atoms with van der Waals surface area (Å²) in [5.74, 6) is -0.749. The fourth-order valence-corrected chi connectivity index (χ4v) is 10.8. The predicted octanol–water partition coefficient (Wildman–Crippen LogP) is 5.39. The van der Waals surface area contributed by atoms with Gasteiger partial charge in [-0.25, -0.2) is 0 Å². The van der Waals surface area contributed by atoms with Crippen molar-refractivity contribution >= 4 is 65.8 Å². The van der Waals surface area contributed by atoms with Crippen molar-refractivity contribution in [3.63, 3.8) is 0 Å². The number of amides is 2. The molecule has 2 aliphatic heterocycles. The van der Waals surface area contributed by atoms with Crippen molar-refractivity contribution in [2.75, 3.05) is 40.1 Å². The predicted molar refractivity (Wildman–Crippen MR) is 217 cm³/mol. The van der Waals surface area contributed by atoms with Crippen LogP contribution in [0.15, 0.2) is 91.0 Å². The first-order valence-electron chi connectivity index (χ1n) is 17.9. The molecule has 0 saturated carbocycles. The van der Waals surface area contributed by atoms with E-state index in [0.717, 1.165) is 28.5 Å². The second-order valence-corrected chi connectivity index (χ2v) is 17.2. The number of fused-ring (bicyclic) bond motifs is 1. The molecule has 4 atom stereocenters. The van der Waals surface area contributed by atoms with Crippen LogP contribution in [0.4, 0.5) is 0 Å². The van der Waals surface area contributed by atoms with Gasteiger partial charge in [-0.1, -0.05) is 66.2 Å². The minimum absolute atomic E-state index is 0.0380. The van der Waals surface area contributed by atoms with E-state index in [-0.39, 0.29) is 72.9 Å². The summed E-state index contributed by atoms with van der Waals surface area (Å²) in [5, 5.41) is -0.806. The van der Waals surface area contributed by atoms with Crippen LogP contribution in [0, 0.1) is 5.92 Å². The van der Waals surface area contributed by atoms with Gasteiger partial charge < -0.3 is 33.4 Å². The van der Waals surface area contributed by atoms with E-state index in [1.807, 2.05) is 66.7 Å². The molecule has 2 saturated heterocycles. The van der Waals surface area contributed by atoms with Gasteiger partial charge in [0.1, 0.15) is 35.9 Å². The molecule has 0 bridgehead atoms. The highest BCUT2D eigenvalue weighted by Gasteiger charge is 2.67. The Bertz CT molecular complexity index is 2130. The van der Waals surface area contributed by atoms with Gasteiger partial charge in [-0.2, -0.15) is 0 Å². The van der Waals surface area contributed by atoms with Crippen LogP contribution in [0.2, 0.25) is 5.02 Å². The lowest BCUT2D eigenvalue weighted by Crippen LogP contribution is -2.59. The number of thioether (sulfide) groups is 1. The molecule has 4 aromatic carbocycles. The van der Waals surface area contributed by atoms with Crippen LogP contribution >= 0.6 is 23.4 Å². The van der Waals surface area contributed by atoms with Crippen LogP contribution in [0.5, 0.6) is 23.0 Å². The summed E-state index contributed by atoms with van der Waals surface area (Å²) in [5.41, 5.74) is 2.64. The van der Waals surface area contributed by atoms with Crippen LogP contribution in [0.3, 0.4) is 0 Å². The highest BCUT2D eigenvalue weighted by Crippen LogP contribution is 2.49. The van der Waals surface area contributed by atoms with Crippen LogP contribution in [-0.2, 0) is 49.5 Å². The molecule has 2 unspecified atom stereocenters. The molecule has 2 radical (unpaired) electrons. The maximum Gasteiger partial charge on any atom is 0.378 e. The third kappa shape index (κ3) is 9.11. The molecule has 4 aromatic rings. The smallest absolute Gasteiger partial charge is 0.378 e. The van der Waals surface area contributed by atoms with Crippen molar-refractivity contribution in [3.05, 3.63) is 118 Å². The number of halogens is 1. The molecule has 16 heteroatoms. The third-order valence-electron chi connectivity index (χ3n) is 9.78. The van der Waals surface area contributed by atoms with Crippen molar-refractivity contribution in [2.24, 2.45) is 5.92 Å². The first kappa shape index (κ1) is 41.6. The van der Waals surface area contributed by atoms with E-state index in [0.29, 0.717) is 17.2 Å². The van der Waals surface area contributed by atoms with E-state index in [2.05, 4.69) is 4.65 Å². The number of β-lactam (4-membered cyclic amide) rings is 1. The summed E-state index contributed by atoms with van der Waals surface area (Å²) in [7, 11) is 8.08. The molecule has 12 nitrogen and oxygen atoms in total. The Morgan fingerprint density at radius 2 is 1.51 bits per heavy atom. The zero-order chi connectivity index (χ0) is 40.7. The second-order valence-electron chi connectivity index (χ2n) is 13.4. The molecule has 0 spiro atoms. The van der Waals surface area contributed by atoms with Gasteiger partial charge in [-0.3, -0.25) is 23.4 Å². The summed E-state index contributed by atoms with van der Waals surface area (Å²) in [6.45, 7) is 0.188. The zero-order valence-electron chi connectivity index (χ0n) is 31.5. The monoisotopic (exact) mass is 830 g/mol. The Labute approximate surface area is 344 Å². The normalized spacial score (nSPS) is 19.5. The highest BCUT2D eigenvalue weighted by atomic mass is 35.5. The number of methoxy groups -OCH3 is 2. The summed E-state index contributed by atoms with van der Waals surface area (Å²) in [4.78, 5) is 55.8. The van der Waals surface area contributed by atoms with E-state index in [1.165, 1.54) is 9.80 Å². The van der Waals surface area contributed by atoms with Crippen LogP contribution in [0.25, 0.3) is 0 Å². The van der Waals surface area contributed by atoms with Crippen LogP contribution in [-0.4, -0.2) is 95.2 Å². The number of ether oxygens (including phenoxy) is 4. The van der Waals surface area contributed by atoms with E-state index in [1.54, 1.807) is 45.5 Å². The molecular formula is C41H40BClN2O10S2. The Hall–Kier alpha value is -4.99. The van der Waals surface area contributed by atoms with Gasteiger partial charge in [0, 0.05) is 32.2 Å². The Kier molecular flexibility index (Phi) is 13.5. The van der Waals surface area contributed by atoms with Crippen molar-refractivity contribution in [1.82, 2.24) is 9.80 Å². The average Bonchev–Trinajstić information content (AvgIpc) is 3.50. The summed E-state index contributed by atoms with van der Waals surface area (Å²) < 4.78 is 39.7. The van der Waals surface area contributed by atoms with Crippen molar-refractivity contribution < 1.29 is 47.0 Å². The molecule has 296 valence electrons. The lowest BCUT2D eigenvalue weighted by atomic mass is 9.90. The van der Waals surface area contributed by atoms with Gasteiger partial charge in [-0.05, 0) is 53.1 Å². The Morgan fingerprint density at radius 3 is 2.11 bits per heavy atom. The lowest BCUT2D eigenvalue weighted by molar-refractivity contribution is -0.152. The minimum Gasteiger partial charge on any atom is -0.542 e. The van der Waals surface area contributed by atoms with Gasteiger partial charge >= 0.3 is 14.0 Å². The van der Waals surface area contributed by atoms with Gasteiger partial charge in [0.05, 0.1) is 48.1 Å². The number of hydrogen-bond donors (Lipinski definition) is 0. The van der Waals surface area contributed by atoms with E-state index >= 15 is 0 Å². The van der Waals surface area contributed by atoms with E-state index in [4.69, 9.17) is 38.6 Å². The lowest BCUT2D eigenvalue weighted by Gasteiger charge is -2.40. The largest absolute Gasteiger partial charge is 0.542 e. The molecular weight excluding hydrogens is 791 g/mol. The fraction of sp³-hybridized carbons (Fsp3) is 0.317. The highest BCUT2D eigenvalue weighted by molar-refractivity contribution is 8.14. The molecule has 2 aliphatic rings. The summed E-state index contributed by atoms with van der Waals surface area (Å²) in [6, 6.07) is 27.0. The Morgan fingerprint density at radius 1 is 0.895 bits per heavy atom. The number of Topliss-reactive ketones (excluding diaryl/α,β-unsaturated/α-hetero) is 1. The molecule has 2 heterocycles. The van der Waals surface area contributed by atoms with Gasteiger partial charge in [0.25, 0.3) is 5.91 Å². The molecule has 57 heavy (non-hydrogen) atoms. The van der Waals surface area contributed by atoms with Crippen molar-refractivity contribution in [2.45, 2.75) is 35.5 Å². The van der Waals surface area contributed by atoms with E-state index in [9.17, 15) is 23.4 Å². The first-order valence-corrected chi connectivity index (χ1v) is 20.5. The average molecular weight is 831 g/mol. The van der Waals surface area contributed by atoms with E-state index < -0.39 is 38.0 Å². The maximum atomic E-state index is 14.0. The third-order valence-corrected chi connectivity index (χ3v) is 14.1. The first-order chi connectivity index (χ1) is 27.5. The molecule has 0 aromatic heterocycles. The minimum atomic E-state index is -1.97. The number of benzene rings is 4. The van der Waals surface area contributed by atoms with Gasteiger partial charge in [-0.15, -0.1) is 11.8 Å². The molecule has 2 fully saturated rings. The summed E-state index contributed by atoms with van der Waals surface area (Å²) in [6.07, 6.45) is 0.0307. The quantitative estimate of drug-likeness (QED) is 0.0943. The van der Waals surface area contributed by atoms with Crippen LogP contribution in [0.1, 0.15) is 33.5 Å². The zero-order valence-corrected chi connectivity index (χ0v) is 33.9. The number of hydrogen-bond acceptors (Lipinski definition) is 11. The maximum absolute atomic E-state index is 14.0. The van der Waals surface area contributed by atoms with Crippen molar-refractivity contribution in [3.8, 4) is 23.0 Å². The molecule has 0 aliphatic carbocycles. The number of ketones is 1. The van der Waals surface area contributed by atoms with Gasteiger partial charge in [0.2, 0.25) is 9.99 Å². The molecule has 0 N–H and O–H groups in total. The Balaban J connectivity index is 1.13. The van der Waals surface area contributed by atoms with Crippen LogP contribution < -0.4 is 18.9 Å².